The Bertz CT molecular complexity index is 2030. The Kier molecular flexibility index (Phi) is 5.78. The van der Waals surface area contributed by atoms with Gasteiger partial charge in [-0.1, -0.05) is 89.8 Å². The Labute approximate surface area is 239 Å². The van der Waals surface area contributed by atoms with Gasteiger partial charge in [-0.25, -0.2) is 4.98 Å². The van der Waals surface area contributed by atoms with Crippen molar-refractivity contribution in [3.05, 3.63) is 103 Å². The first kappa shape index (κ1) is 24.7. The van der Waals surface area contributed by atoms with Crippen LogP contribution < -0.4 is 27.3 Å². The number of nitrogens with zero attached hydrogens (tertiary/aromatic N) is 2. The van der Waals surface area contributed by atoms with Crippen LogP contribution in [0.1, 0.15) is 0 Å². The van der Waals surface area contributed by atoms with Crippen LogP contribution >= 0.6 is 0 Å². The predicted molar refractivity (Wildman–Crippen MR) is 188 cm³/mol. The van der Waals surface area contributed by atoms with E-state index in [0.717, 1.165) is 22.5 Å². The van der Waals surface area contributed by atoms with Gasteiger partial charge in [-0.05, 0) is 56.9 Å². The first-order valence-corrected chi connectivity index (χ1v) is 14.0. The van der Waals surface area contributed by atoms with Crippen molar-refractivity contribution in [1.29, 1.82) is 0 Å². The summed E-state index contributed by atoms with van der Waals surface area (Å²) in [7, 11) is 11.4. The number of para-hydroxylation sites is 3. The van der Waals surface area contributed by atoms with Gasteiger partial charge in [-0.2, -0.15) is 0 Å². The summed E-state index contributed by atoms with van der Waals surface area (Å²) in [5, 5.41) is 4.96. The van der Waals surface area contributed by atoms with E-state index in [9.17, 15) is 0 Å². The SMILES string of the molecule is Bc1c(B)c(B)c(-c2c3ccccc3c(-c3nc4ccccc4n3-c3ccccc3)c3ccccc23)c(B)c1B. The summed E-state index contributed by atoms with van der Waals surface area (Å²) in [5.74, 6) is 0.969. The number of fused-ring (bicyclic) bond motifs is 3. The molecule has 7 aromatic rings. The van der Waals surface area contributed by atoms with Gasteiger partial charge in [0.2, 0.25) is 0 Å². The van der Waals surface area contributed by atoms with Gasteiger partial charge in [0.1, 0.15) is 45.1 Å². The molecule has 0 spiro atoms. The molecule has 0 bridgehead atoms. The van der Waals surface area contributed by atoms with E-state index < -0.39 is 0 Å². The van der Waals surface area contributed by atoms with Crippen molar-refractivity contribution in [2.45, 2.75) is 0 Å². The molecule has 7 rings (SSSR count). The quantitative estimate of drug-likeness (QED) is 0.244. The van der Waals surface area contributed by atoms with E-state index in [0.29, 0.717) is 0 Å². The summed E-state index contributed by atoms with van der Waals surface area (Å²) < 4.78 is 2.32. The zero-order chi connectivity index (χ0) is 27.5. The predicted octanol–water partition coefficient (Wildman–Crippen LogP) is -0.0421. The minimum Gasteiger partial charge on any atom is -0.292 e. The molecule has 0 unspecified atom stereocenters. The molecule has 0 aliphatic carbocycles. The topological polar surface area (TPSA) is 17.8 Å². The maximum Gasteiger partial charge on any atom is 0.146 e. The highest BCUT2D eigenvalue weighted by molar-refractivity contribution is 6.69. The molecule has 0 radical (unpaired) electrons. The van der Waals surface area contributed by atoms with E-state index in [-0.39, 0.29) is 0 Å². The van der Waals surface area contributed by atoms with Gasteiger partial charge < -0.3 is 0 Å². The Morgan fingerprint density at radius 2 is 0.875 bits per heavy atom. The smallest absolute Gasteiger partial charge is 0.146 e. The van der Waals surface area contributed by atoms with Crippen molar-refractivity contribution in [1.82, 2.24) is 9.55 Å². The van der Waals surface area contributed by atoms with Gasteiger partial charge >= 0.3 is 0 Å². The van der Waals surface area contributed by atoms with Crippen LogP contribution in [-0.4, -0.2) is 48.8 Å². The summed E-state index contributed by atoms with van der Waals surface area (Å²) in [6.45, 7) is 0. The Morgan fingerprint density at radius 3 is 1.45 bits per heavy atom. The fraction of sp³-hybridized carbons (Fsp3) is 0. The third-order valence-corrected chi connectivity index (χ3v) is 8.98. The molecular weight excluding hydrogens is 478 g/mol. The lowest BCUT2D eigenvalue weighted by Crippen LogP contribution is -2.55. The van der Waals surface area contributed by atoms with Crippen LogP contribution in [0.3, 0.4) is 0 Å². The molecule has 0 atom stereocenters. The van der Waals surface area contributed by atoms with Crippen LogP contribution in [0.15, 0.2) is 103 Å². The van der Waals surface area contributed by atoms with Crippen molar-refractivity contribution < 1.29 is 0 Å². The molecule has 0 saturated heterocycles. The maximum atomic E-state index is 5.30. The number of hydrogen-bond acceptors (Lipinski definition) is 1. The molecule has 184 valence electrons. The molecule has 1 heterocycles. The number of benzene rings is 6. The second-order valence-corrected chi connectivity index (χ2v) is 10.9. The maximum absolute atomic E-state index is 5.30. The minimum atomic E-state index is 0.969. The second kappa shape index (κ2) is 9.38. The number of aromatic nitrogens is 2. The molecule has 7 heteroatoms. The third-order valence-electron chi connectivity index (χ3n) is 8.98. The summed E-state index contributed by atoms with van der Waals surface area (Å²) in [4.78, 5) is 5.30. The summed E-state index contributed by atoms with van der Waals surface area (Å²) in [6.07, 6.45) is 0. The third kappa shape index (κ3) is 3.54. The van der Waals surface area contributed by atoms with Crippen LogP contribution in [0.2, 0.25) is 0 Å². The van der Waals surface area contributed by atoms with E-state index in [1.165, 1.54) is 65.5 Å². The average molecular weight is 506 g/mol. The normalized spacial score (nSPS) is 11.5. The van der Waals surface area contributed by atoms with Crippen molar-refractivity contribution >= 4 is 99.1 Å². The van der Waals surface area contributed by atoms with Gasteiger partial charge in [-0.15, -0.1) is 16.4 Å². The number of imidazole rings is 1. The highest BCUT2D eigenvalue weighted by Crippen LogP contribution is 2.43. The van der Waals surface area contributed by atoms with E-state index in [4.69, 9.17) is 4.98 Å². The molecule has 40 heavy (non-hydrogen) atoms. The molecule has 0 fully saturated rings. The van der Waals surface area contributed by atoms with Gasteiger partial charge in [0.05, 0.1) is 11.0 Å². The van der Waals surface area contributed by atoms with Crippen LogP contribution in [0.25, 0.3) is 60.8 Å². The van der Waals surface area contributed by atoms with Gasteiger partial charge in [-0.3, -0.25) is 4.57 Å². The Morgan fingerprint density at radius 1 is 0.425 bits per heavy atom. The first-order chi connectivity index (χ1) is 19.5. The van der Waals surface area contributed by atoms with Crippen molar-refractivity contribution in [3.63, 3.8) is 0 Å². The second-order valence-electron chi connectivity index (χ2n) is 10.9. The molecule has 0 saturated carbocycles. The minimum absolute atomic E-state index is 0.969. The first-order valence-electron chi connectivity index (χ1n) is 14.0. The van der Waals surface area contributed by atoms with Gasteiger partial charge in [0.15, 0.2) is 0 Å². The summed E-state index contributed by atoms with van der Waals surface area (Å²) in [6, 6.07) is 36.8. The zero-order valence-corrected chi connectivity index (χ0v) is 23.7. The molecular formula is C33H27B5N2. The highest BCUT2D eigenvalue weighted by Gasteiger charge is 2.24. The fourth-order valence-electron chi connectivity index (χ4n) is 6.55. The van der Waals surface area contributed by atoms with Gasteiger partial charge in [0, 0.05) is 11.3 Å². The summed E-state index contributed by atoms with van der Waals surface area (Å²) >= 11 is 0. The lowest BCUT2D eigenvalue weighted by Gasteiger charge is -2.24. The van der Waals surface area contributed by atoms with E-state index >= 15 is 0 Å². The molecule has 1 aromatic heterocycles. The number of hydrogen-bond donors (Lipinski definition) is 0. The number of rotatable bonds is 3. The van der Waals surface area contributed by atoms with E-state index in [1.54, 1.807) is 0 Å². The molecule has 6 aromatic carbocycles. The Balaban J connectivity index is 1.69. The molecule has 0 aliphatic heterocycles. The summed E-state index contributed by atoms with van der Waals surface area (Å²) in [5.41, 5.74) is 13.9. The molecule has 0 amide bonds. The fourth-order valence-corrected chi connectivity index (χ4v) is 6.55. The van der Waals surface area contributed by atoms with Gasteiger partial charge in [0.25, 0.3) is 0 Å². The highest BCUT2D eigenvalue weighted by atomic mass is 15.1. The molecule has 0 aliphatic rings. The standard InChI is InChI=1S/C33H27B5N2/c34-28-27(29(35)31(37)32(38)30(28)36)25-19-12-4-6-14-21(19)26(22-15-7-5-13-20(22)25)33-39-23-16-8-9-17-24(23)40(33)18-10-2-1-3-11-18/h1-17H,34-38H2. The Hall–Kier alpha value is -4.37. The zero-order valence-electron chi connectivity index (χ0n) is 23.7. The largest absolute Gasteiger partial charge is 0.292 e. The van der Waals surface area contributed by atoms with E-state index in [2.05, 4.69) is 147 Å². The van der Waals surface area contributed by atoms with Crippen molar-refractivity contribution in [2.24, 2.45) is 0 Å². The van der Waals surface area contributed by atoms with Crippen LogP contribution in [0.4, 0.5) is 0 Å². The van der Waals surface area contributed by atoms with E-state index in [1.807, 2.05) is 0 Å². The van der Waals surface area contributed by atoms with Crippen LogP contribution in [-0.2, 0) is 0 Å². The van der Waals surface area contributed by atoms with Crippen LogP contribution in [0, 0.1) is 0 Å². The lowest BCUT2D eigenvalue weighted by molar-refractivity contribution is 1.11. The lowest BCUT2D eigenvalue weighted by atomic mass is 9.59. The van der Waals surface area contributed by atoms with Crippen molar-refractivity contribution in [3.8, 4) is 28.2 Å². The molecule has 2 nitrogen and oxygen atoms in total. The van der Waals surface area contributed by atoms with Crippen molar-refractivity contribution in [2.75, 3.05) is 0 Å². The monoisotopic (exact) mass is 506 g/mol. The average Bonchev–Trinajstić information content (AvgIpc) is 3.38. The molecule has 0 N–H and O–H groups in total. The van der Waals surface area contributed by atoms with Crippen LogP contribution in [0.5, 0.6) is 0 Å².